The molecule has 0 unspecified atom stereocenters. The summed E-state index contributed by atoms with van der Waals surface area (Å²) in [6.07, 6.45) is -0.308. The SMILES string of the molecule is Cn1c2ccccc2c2nc3ccc(COCC[C@H](O)CO)cc3nc21. The van der Waals surface area contributed by atoms with Crippen molar-refractivity contribution in [3.63, 3.8) is 0 Å². The van der Waals surface area contributed by atoms with Crippen LogP contribution >= 0.6 is 0 Å². The third-order valence-corrected chi connectivity index (χ3v) is 4.62. The minimum atomic E-state index is -0.725. The standard InChI is InChI=1S/C20H21N3O3/c1-23-18-5-3-2-4-15(18)19-20(23)22-17-10-13(6-7-16(17)21-19)12-26-9-8-14(25)11-24/h2-7,10,14,24-25H,8-9,11-12H2,1H3/t14-/m0/s1. The summed E-state index contributed by atoms with van der Waals surface area (Å²) in [5.74, 6) is 0. The van der Waals surface area contributed by atoms with Crippen molar-refractivity contribution in [1.82, 2.24) is 14.5 Å². The summed E-state index contributed by atoms with van der Waals surface area (Å²) in [4.78, 5) is 9.63. The van der Waals surface area contributed by atoms with E-state index >= 15 is 0 Å². The fourth-order valence-corrected chi connectivity index (χ4v) is 3.18. The van der Waals surface area contributed by atoms with E-state index in [9.17, 15) is 5.11 Å². The number of para-hydroxylation sites is 1. The molecule has 0 bridgehead atoms. The van der Waals surface area contributed by atoms with Gasteiger partial charge in [-0.3, -0.25) is 0 Å². The fourth-order valence-electron chi connectivity index (χ4n) is 3.18. The van der Waals surface area contributed by atoms with E-state index in [2.05, 4.69) is 16.7 Å². The lowest BCUT2D eigenvalue weighted by Crippen LogP contribution is -2.14. The molecular weight excluding hydrogens is 330 g/mol. The third kappa shape index (κ3) is 3.03. The van der Waals surface area contributed by atoms with E-state index in [1.54, 1.807) is 0 Å². The molecule has 0 aliphatic heterocycles. The topological polar surface area (TPSA) is 80.4 Å². The minimum Gasteiger partial charge on any atom is -0.394 e. The second-order valence-electron chi connectivity index (χ2n) is 6.47. The Labute approximate surface area is 150 Å². The molecule has 0 fully saturated rings. The molecule has 2 heterocycles. The first-order valence-electron chi connectivity index (χ1n) is 8.68. The molecule has 26 heavy (non-hydrogen) atoms. The van der Waals surface area contributed by atoms with Gasteiger partial charge in [0.1, 0.15) is 5.52 Å². The van der Waals surface area contributed by atoms with Gasteiger partial charge in [-0.1, -0.05) is 24.3 Å². The molecule has 0 aliphatic rings. The number of aromatic nitrogens is 3. The number of aliphatic hydroxyl groups is 2. The van der Waals surface area contributed by atoms with Crippen molar-refractivity contribution in [1.29, 1.82) is 0 Å². The van der Waals surface area contributed by atoms with Gasteiger partial charge in [0.05, 0.1) is 35.9 Å². The summed E-state index contributed by atoms with van der Waals surface area (Å²) in [6.45, 7) is 0.590. The van der Waals surface area contributed by atoms with Crippen LogP contribution in [-0.2, 0) is 18.4 Å². The zero-order chi connectivity index (χ0) is 18.1. The number of aryl methyl sites for hydroxylation is 1. The molecule has 2 aromatic heterocycles. The number of hydrogen-bond donors (Lipinski definition) is 2. The predicted octanol–water partition coefficient (Wildman–Crippen LogP) is 2.53. The summed E-state index contributed by atoms with van der Waals surface area (Å²) in [5, 5.41) is 19.2. The van der Waals surface area contributed by atoms with E-state index in [0.29, 0.717) is 19.6 Å². The molecule has 6 heteroatoms. The lowest BCUT2D eigenvalue weighted by atomic mass is 10.2. The first-order chi connectivity index (χ1) is 12.7. The highest BCUT2D eigenvalue weighted by molar-refractivity contribution is 6.06. The van der Waals surface area contributed by atoms with Crippen molar-refractivity contribution in [3.05, 3.63) is 48.0 Å². The Hall–Kier alpha value is -2.54. The van der Waals surface area contributed by atoms with E-state index < -0.39 is 6.10 Å². The van der Waals surface area contributed by atoms with Crippen LogP contribution < -0.4 is 0 Å². The van der Waals surface area contributed by atoms with Gasteiger partial charge in [-0.15, -0.1) is 0 Å². The van der Waals surface area contributed by atoms with Crippen molar-refractivity contribution in [2.45, 2.75) is 19.1 Å². The maximum atomic E-state index is 9.33. The van der Waals surface area contributed by atoms with Crippen LogP contribution in [0.5, 0.6) is 0 Å². The second-order valence-corrected chi connectivity index (χ2v) is 6.47. The fraction of sp³-hybridized carbons (Fsp3) is 0.300. The van der Waals surface area contributed by atoms with Crippen LogP contribution in [0.3, 0.4) is 0 Å². The number of nitrogens with zero attached hydrogens (tertiary/aromatic N) is 3. The molecule has 4 aromatic rings. The van der Waals surface area contributed by atoms with Gasteiger partial charge in [0.2, 0.25) is 0 Å². The van der Waals surface area contributed by atoms with E-state index in [4.69, 9.17) is 19.8 Å². The average Bonchev–Trinajstić information content (AvgIpc) is 2.95. The van der Waals surface area contributed by atoms with Gasteiger partial charge in [0, 0.05) is 19.0 Å². The van der Waals surface area contributed by atoms with Crippen molar-refractivity contribution in [3.8, 4) is 0 Å². The van der Waals surface area contributed by atoms with E-state index in [1.807, 2.05) is 37.4 Å². The number of aliphatic hydroxyl groups excluding tert-OH is 2. The van der Waals surface area contributed by atoms with Crippen molar-refractivity contribution in [2.24, 2.45) is 7.05 Å². The molecule has 0 radical (unpaired) electrons. The first-order valence-corrected chi connectivity index (χ1v) is 8.68. The Morgan fingerprint density at radius 1 is 1.12 bits per heavy atom. The Bertz CT molecular complexity index is 1070. The Morgan fingerprint density at radius 2 is 1.96 bits per heavy atom. The summed E-state index contributed by atoms with van der Waals surface area (Å²) >= 11 is 0. The maximum absolute atomic E-state index is 9.33. The third-order valence-electron chi connectivity index (χ3n) is 4.62. The summed E-state index contributed by atoms with van der Waals surface area (Å²) in [5.41, 5.74) is 5.58. The van der Waals surface area contributed by atoms with Gasteiger partial charge in [0.15, 0.2) is 5.65 Å². The molecule has 2 N–H and O–H groups in total. The van der Waals surface area contributed by atoms with Crippen LogP contribution in [0.25, 0.3) is 33.1 Å². The lowest BCUT2D eigenvalue weighted by Gasteiger charge is -2.08. The van der Waals surface area contributed by atoms with Gasteiger partial charge < -0.3 is 19.5 Å². The van der Waals surface area contributed by atoms with Gasteiger partial charge in [-0.25, -0.2) is 9.97 Å². The molecule has 0 amide bonds. The van der Waals surface area contributed by atoms with Gasteiger partial charge in [-0.2, -0.15) is 0 Å². The van der Waals surface area contributed by atoms with Crippen molar-refractivity contribution in [2.75, 3.05) is 13.2 Å². The molecule has 6 nitrogen and oxygen atoms in total. The summed E-state index contributed by atoms with van der Waals surface area (Å²) in [6, 6.07) is 14.1. The molecule has 0 saturated heterocycles. The van der Waals surface area contributed by atoms with Gasteiger partial charge in [-0.05, 0) is 30.2 Å². The van der Waals surface area contributed by atoms with Crippen molar-refractivity contribution < 1.29 is 14.9 Å². The lowest BCUT2D eigenvalue weighted by molar-refractivity contribution is 0.0436. The predicted molar refractivity (Wildman–Crippen MR) is 101 cm³/mol. The van der Waals surface area contributed by atoms with Crippen LogP contribution in [0.2, 0.25) is 0 Å². The normalized spacial score (nSPS) is 13.0. The highest BCUT2D eigenvalue weighted by atomic mass is 16.5. The van der Waals surface area contributed by atoms with Crippen LogP contribution in [0.15, 0.2) is 42.5 Å². The van der Waals surface area contributed by atoms with E-state index in [-0.39, 0.29) is 6.61 Å². The molecule has 0 saturated carbocycles. The second kappa shape index (κ2) is 6.99. The van der Waals surface area contributed by atoms with E-state index in [1.165, 1.54) is 0 Å². The Morgan fingerprint density at radius 3 is 2.81 bits per heavy atom. The molecule has 0 spiro atoms. The highest BCUT2D eigenvalue weighted by Crippen LogP contribution is 2.27. The quantitative estimate of drug-likeness (QED) is 0.522. The molecule has 134 valence electrons. The monoisotopic (exact) mass is 351 g/mol. The number of benzene rings is 2. The van der Waals surface area contributed by atoms with Crippen molar-refractivity contribution >= 4 is 33.1 Å². The Kier molecular flexibility index (Phi) is 4.55. The van der Waals surface area contributed by atoms with Crippen LogP contribution in [0, 0.1) is 0 Å². The van der Waals surface area contributed by atoms with Crippen LogP contribution in [0.1, 0.15) is 12.0 Å². The molecule has 1 atom stereocenters. The summed E-state index contributed by atoms with van der Waals surface area (Å²) in [7, 11) is 2.00. The molecule has 2 aromatic carbocycles. The van der Waals surface area contributed by atoms with Crippen LogP contribution in [-0.4, -0.2) is 44.1 Å². The zero-order valence-corrected chi connectivity index (χ0v) is 14.6. The highest BCUT2D eigenvalue weighted by Gasteiger charge is 2.12. The average molecular weight is 351 g/mol. The number of rotatable bonds is 6. The minimum absolute atomic E-state index is 0.240. The molecule has 0 aliphatic carbocycles. The zero-order valence-electron chi connectivity index (χ0n) is 14.6. The number of ether oxygens (including phenoxy) is 1. The summed E-state index contributed by atoms with van der Waals surface area (Å²) < 4.78 is 7.64. The largest absolute Gasteiger partial charge is 0.394 e. The smallest absolute Gasteiger partial charge is 0.160 e. The molecule has 4 rings (SSSR count). The van der Waals surface area contributed by atoms with Crippen LogP contribution in [0.4, 0.5) is 0 Å². The van der Waals surface area contributed by atoms with Gasteiger partial charge in [0.25, 0.3) is 0 Å². The van der Waals surface area contributed by atoms with E-state index in [0.717, 1.165) is 38.7 Å². The van der Waals surface area contributed by atoms with Gasteiger partial charge >= 0.3 is 0 Å². The number of hydrogen-bond acceptors (Lipinski definition) is 5. The number of fused-ring (bicyclic) bond motifs is 4. The first kappa shape index (κ1) is 16.9. The maximum Gasteiger partial charge on any atom is 0.160 e. The Balaban J connectivity index is 1.64. The molecular formula is C20H21N3O3.